The second kappa shape index (κ2) is 5.39. The summed E-state index contributed by atoms with van der Waals surface area (Å²) < 4.78 is 0. The first-order valence-electron chi connectivity index (χ1n) is 5.51. The van der Waals surface area contributed by atoms with Crippen LogP contribution in [-0.2, 0) is 4.79 Å². The summed E-state index contributed by atoms with van der Waals surface area (Å²) >= 11 is 0. The van der Waals surface area contributed by atoms with Gasteiger partial charge >= 0.3 is 5.97 Å². The van der Waals surface area contributed by atoms with Crippen LogP contribution in [0.25, 0.3) is 0 Å². The molecule has 1 aromatic carbocycles. The smallest absolute Gasteiger partial charge is 0.337 e. The van der Waals surface area contributed by atoms with Crippen molar-refractivity contribution in [3.63, 3.8) is 0 Å². The quantitative estimate of drug-likeness (QED) is 0.579. The Morgan fingerprint density at radius 3 is 2.39 bits per heavy atom. The van der Waals surface area contributed by atoms with Gasteiger partial charge in [0.15, 0.2) is 0 Å². The SMILES string of the molecule is CC(C)C(Nc1ccc(N)c(C(=O)O)c1)C(N)=O. The Bertz CT molecular complexity index is 472. The monoisotopic (exact) mass is 251 g/mol. The lowest BCUT2D eigenvalue weighted by Crippen LogP contribution is -2.39. The molecule has 1 aromatic rings. The van der Waals surface area contributed by atoms with Gasteiger partial charge in [-0.15, -0.1) is 0 Å². The van der Waals surface area contributed by atoms with E-state index in [1.54, 1.807) is 6.07 Å². The average Bonchev–Trinajstić information content (AvgIpc) is 2.26. The number of carboxylic acid groups (broad SMARTS) is 1. The molecule has 6 nitrogen and oxygen atoms in total. The Morgan fingerprint density at radius 1 is 1.33 bits per heavy atom. The zero-order chi connectivity index (χ0) is 13.9. The van der Waals surface area contributed by atoms with Crippen molar-refractivity contribution in [1.82, 2.24) is 0 Å². The van der Waals surface area contributed by atoms with Crippen LogP contribution < -0.4 is 16.8 Å². The van der Waals surface area contributed by atoms with Crippen molar-refractivity contribution in [1.29, 1.82) is 0 Å². The molecule has 0 aromatic heterocycles. The molecule has 0 saturated heterocycles. The molecule has 98 valence electrons. The molecular weight excluding hydrogens is 234 g/mol. The summed E-state index contributed by atoms with van der Waals surface area (Å²) in [4.78, 5) is 22.2. The van der Waals surface area contributed by atoms with E-state index >= 15 is 0 Å². The number of anilines is 2. The average molecular weight is 251 g/mol. The van der Waals surface area contributed by atoms with Crippen LogP contribution >= 0.6 is 0 Å². The number of rotatable bonds is 5. The molecule has 18 heavy (non-hydrogen) atoms. The fraction of sp³-hybridized carbons (Fsp3) is 0.333. The predicted octanol–water partition coefficient (Wildman–Crippen LogP) is 0.889. The van der Waals surface area contributed by atoms with Crippen LogP contribution in [-0.4, -0.2) is 23.0 Å². The Morgan fingerprint density at radius 2 is 1.94 bits per heavy atom. The number of hydrogen-bond acceptors (Lipinski definition) is 4. The van der Waals surface area contributed by atoms with Crippen LogP contribution in [0.1, 0.15) is 24.2 Å². The zero-order valence-electron chi connectivity index (χ0n) is 10.3. The van der Waals surface area contributed by atoms with Crippen molar-refractivity contribution in [3.05, 3.63) is 23.8 Å². The molecule has 6 N–H and O–H groups in total. The van der Waals surface area contributed by atoms with Gasteiger partial charge in [-0.1, -0.05) is 13.8 Å². The standard InChI is InChI=1S/C12H17N3O3/c1-6(2)10(11(14)16)15-7-3-4-9(13)8(5-7)12(17)18/h3-6,10,15H,13H2,1-2H3,(H2,14,16)(H,17,18). The number of carbonyl (C=O) groups is 2. The highest BCUT2D eigenvalue weighted by atomic mass is 16.4. The van der Waals surface area contributed by atoms with E-state index in [1.165, 1.54) is 12.1 Å². The lowest BCUT2D eigenvalue weighted by Gasteiger charge is -2.20. The first-order chi connectivity index (χ1) is 8.32. The van der Waals surface area contributed by atoms with E-state index < -0.39 is 17.9 Å². The predicted molar refractivity (Wildman–Crippen MR) is 69.3 cm³/mol. The third-order valence-corrected chi connectivity index (χ3v) is 2.58. The largest absolute Gasteiger partial charge is 0.478 e. The van der Waals surface area contributed by atoms with Gasteiger partial charge in [0.05, 0.1) is 5.56 Å². The van der Waals surface area contributed by atoms with E-state index in [-0.39, 0.29) is 17.2 Å². The number of carboxylic acids is 1. The van der Waals surface area contributed by atoms with Crippen molar-refractivity contribution >= 4 is 23.3 Å². The minimum atomic E-state index is -1.11. The second-order valence-electron chi connectivity index (χ2n) is 4.38. The first kappa shape index (κ1) is 13.8. The number of carbonyl (C=O) groups excluding carboxylic acids is 1. The Kier molecular flexibility index (Phi) is 4.14. The van der Waals surface area contributed by atoms with E-state index in [9.17, 15) is 9.59 Å². The summed E-state index contributed by atoms with van der Waals surface area (Å²) in [6.07, 6.45) is 0. The van der Waals surface area contributed by atoms with Crippen molar-refractivity contribution in [2.75, 3.05) is 11.1 Å². The Hall–Kier alpha value is -2.24. The number of aromatic carboxylic acids is 1. The molecule has 1 amide bonds. The Balaban J connectivity index is 3.01. The van der Waals surface area contributed by atoms with Gasteiger partial charge in [-0.05, 0) is 24.1 Å². The van der Waals surface area contributed by atoms with E-state index in [0.717, 1.165) is 0 Å². The highest BCUT2D eigenvalue weighted by molar-refractivity contribution is 5.95. The highest BCUT2D eigenvalue weighted by Crippen LogP contribution is 2.19. The fourth-order valence-corrected chi connectivity index (χ4v) is 1.58. The molecule has 0 radical (unpaired) electrons. The molecule has 0 bridgehead atoms. The molecule has 0 aliphatic heterocycles. The van der Waals surface area contributed by atoms with Crippen LogP contribution in [0.3, 0.4) is 0 Å². The zero-order valence-corrected chi connectivity index (χ0v) is 10.3. The van der Waals surface area contributed by atoms with Gasteiger partial charge in [0.25, 0.3) is 0 Å². The third-order valence-electron chi connectivity index (χ3n) is 2.58. The summed E-state index contributed by atoms with van der Waals surface area (Å²) in [6, 6.07) is 3.91. The van der Waals surface area contributed by atoms with E-state index in [1.807, 2.05) is 13.8 Å². The number of hydrogen-bond donors (Lipinski definition) is 4. The number of primary amides is 1. The lowest BCUT2D eigenvalue weighted by atomic mass is 10.0. The van der Waals surface area contributed by atoms with Crippen LogP contribution in [0.4, 0.5) is 11.4 Å². The molecule has 0 aliphatic carbocycles. The summed E-state index contributed by atoms with van der Waals surface area (Å²) in [7, 11) is 0. The Labute approximate surface area is 105 Å². The van der Waals surface area contributed by atoms with Gasteiger partial charge < -0.3 is 21.9 Å². The number of nitrogens with two attached hydrogens (primary N) is 2. The highest BCUT2D eigenvalue weighted by Gasteiger charge is 2.19. The number of nitrogen functional groups attached to an aromatic ring is 1. The van der Waals surface area contributed by atoms with Gasteiger partial charge in [0.1, 0.15) is 6.04 Å². The third kappa shape index (κ3) is 3.13. The fourth-order valence-electron chi connectivity index (χ4n) is 1.58. The number of amides is 1. The summed E-state index contributed by atoms with van der Waals surface area (Å²) in [6.45, 7) is 3.69. The summed E-state index contributed by atoms with van der Waals surface area (Å²) in [5, 5.41) is 11.9. The molecular formula is C12H17N3O3. The topological polar surface area (TPSA) is 118 Å². The number of benzene rings is 1. The molecule has 1 unspecified atom stereocenters. The van der Waals surface area contributed by atoms with Crippen LogP contribution in [0.15, 0.2) is 18.2 Å². The van der Waals surface area contributed by atoms with Crippen molar-refractivity contribution in [3.8, 4) is 0 Å². The summed E-state index contributed by atoms with van der Waals surface area (Å²) in [5.74, 6) is -1.61. The molecule has 6 heteroatoms. The first-order valence-corrected chi connectivity index (χ1v) is 5.51. The maximum absolute atomic E-state index is 11.2. The molecule has 0 saturated carbocycles. The maximum atomic E-state index is 11.2. The van der Waals surface area contributed by atoms with Gasteiger partial charge in [-0.3, -0.25) is 4.79 Å². The van der Waals surface area contributed by atoms with Gasteiger partial charge in [0.2, 0.25) is 5.91 Å². The van der Waals surface area contributed by atoms with Gasteiger partial charge in [-0.25, -0.2) is 4.79 Å². The lowest BCUT2D eigenvalue weighted by molar-refractivity contribution is -0.119. The minimum Gasteiger partial charge on any atom is -0.478 e. The van der Waals surface area contributed by atoms with E-state index in [2.05, 4.69) is 5.32 Å². The molecule has 1 rings (SSSR count). The van der Waals surface area contributed by atoms with Crippen molar-refractivity contribution < 1.29 is 14.7 Å². The van der Waals surface area contributed by atoms with E-state index in [0.29, 0.717) is 5.69 Å². The van der Waals surface area contributed by atoms with Crippen LogP contribution in [0.2, 0.25) is 0 Å². The number of nitrogens with one attached hydrogen (secondary N) is 1. The molecule has 0 aliphatic rings. The van der Waals surface area contributed by atoms with Crippen LogP contribution in [0, 0.1) is 5.92 Å². The van der Waals surface area contributed by atoms with Crippen LogP contribution in [0.5, 0.6) is 0 Å². The van der Waals surface area contributed by atoms with Crippen molar-refractivity contribution in [2.45, 2.75) is 19.9 Å². The molecule has 1 atom stereocenters. The van der Waals surface area contributed by atoms with Crippen molar-refractivity contribution in [2.24, 2.45) is 11.7 Å². The summed E-state index contributed by atoms with van der Waals surface area (Å²) in [5.41, 5.74) is 11.5. The molecule has 0 fully saturated rings. The second-order valence-corrected chi connectivity index (χ2v) is 4.38. The maximum Gasteiger partial charge on any atom is 0.337 e. The van der Waals surface area contributed by atoms with E-state index in [4.69, 9.17) is 16.6 Å². The minimum absolute atomic E-state index is 0.00617. The van der Waals surface area contributed by atoms with Gasteiger partial charge in [0, 0.05) is 11.4 Å². The molecule has 0 heterocycles. The normalized spacial score (nSPS) is 12.2. The molecule has 0 spiro atoms. The van der Waals surface area contributed by atoms with Gasteiger partial charge in [-0.2, -0.15) is 0 Å².